The number of hydrogen-bond acceptors (Lipinski definition) is 3. The molecular weight excluding hydrogens is 168 g/mol. The number of ether oxygens (including phenoxy) is 1. The number of hydrogen-bond donors (Lipinski definition) is 1. The lowest BCUT2D eigenvalue weighted by Crippen LogP contribution is -2.36. The topological polar surface area (TPSA) is 55.6 Å². The molecule has 2 heterocycles. The standard InChI is InChI=1S/C9H16N2O2/c10-2-1-3-11-8-4-7(9(11)12)5-13-6-8/h7-8H,1-6,10H2. The van der Waals surface area contributed by atoms with Crippen LogP contribution in [-0.4, -0.2) is 43.2 Å². The second-order valence-corrected chi connectivity index (χ2v) is 3.80. The summed E-state index contributed by atoms with van der Waals surface area (Å²) in [6.45, 7) is 2.79. The van der Waals surface area contributed by atoms with Crippen LogP contribution >= 0.6 is 0 Å². The Morgan fingerprint density at radius 2 is 2.38 bits per heavy atom. The van der Waals surface area contributed by atoms with Gasteiger partial charge in [-0.25, -0.2) is 0 Å². The first-order valence-corrected chi connectivity index (χ1v) is 4.91. The molecule has 0 aromatic rings. The molecule has 0 radical (unpaired) electrons. The summed E-state index contributed by atoms with van der Waals surface area (Å²) in [7, 11) is 0. The predicted molar refractivity (Wildman–Crippen MR) is 48.1 cm³/mol. The zero-order valence-corrected chi connectivity index (χ0v) is 7.74. The molecule has 74 valence electrons. The van der Waals surface area contributed by atoms with Crippen molar-refractivity contribution in [1.82, 2.24) is 4.90 Å². The number of nitrogens with two attached hydrogens (primary N) is 1. The molecule has 2 atom stereocenters. The zero-order valence-electron chi connectivity index (χ0n) is 7.74. The van der Waals surface area contributed by atoms with Crippen LogP contribution in [0.25, 0.3) is 0 Å². The average molecular weight is 184 g/mol. The van der Waals surface area contributed by atoms with E-state index in [9.17, 15) is 4.79 Å². The summed E-state index contributed by atoms with van der Waals surface area (Å²) in [6.07, 6.45) is 1.89. The van der Waals surface area contributed by atoms with E-state index in [0.29, 0.717) is 25.8 Å². The molecule has 2 aliphatic rings. The smallest absolute Gasteiger partial charge is 0.228 e. The molecule has 0 aliphatic carbocycles. The first-order valence-electron chi connectivity index (χ1n) is 4.91. The van der Waals surface area contributed by atoms with Gasteiger partial charge in [0.1, 0.15) is 0 Å². The van der Waals surface area contributed by atoms with Gasteiger partial charge in [-0.15, -0.1) is 0 Å². The Morgan fingerprint density at radius 1 is 1.54 bits per heavy atom. The fourth-order valence-corrected chi connectivity index (χ4v) is 2.17. The molecule has 13 heavy (non-hydrogen) atoms. The number of amides is 1. The molecule has 2 N–H and O–H groups in total. The van der Waals surface area contributed by atoms with Crippen LogP contribution in [0.15, 0.2) is 0 Å². The van der Waals surface area contributed by atoms with Gasteiger partial charge in [0, 0.05) is 6.54 Å². The van der Waals surface area contributed by atoms with Gasteiger partial charge in [-0.05, 0) is 19.4 Å². The monoisotopic (exact) mass is 184 g/mol. The van der Waals surface area contributed by atoms with E-state index in [1.807, 2.05) is 4.90 Å². The van der Waals surface area contributed by atoms with Crippen LogP contribution < -0.4 is 5.73 Å². The molecule has 2 bridgehead atoms. The largest absolute Gasteiger partial charge is 0.378 e. The molecule has 0 aromatic heterocycles. The van der Waals surface area contributed by atoms with Crippen LogP contribution in [0.2, 0.25) is 0 Å². The molecule has 2 aliphatic heterocycles. The van der Waals surface area contributed by atoms with Crippen molar-refractivity contribution in [2.24, 2.45) is 11.7 Å². The molecule has 4 heteroatoms. The Kier molecular flexibility index (Phi) is 2.51. The Morgan fingerprint density at radius 3 is 3.08 bits per heavy atom. The van der Waals surface area contributed by atoms with Crippen LogP contribution in [0, 0.1) is 5.92 Å². The molecule has 2 saturated heterocycles. The van der Waals surface area contributed by atoms with Crippen molar-refractivity contribution in [3.8, 4) is 0 Å². The lowest BCUT2D eigenvalue weighted by molar-refractivity contribution is -0.131. The SMILES string of the molecule is NCCCN1C(=O)C2COCC1C2. The number of carbonyl (C=O) groups is 1. The van der Waals surface area contributed by atoms with Gasteiger partial charge < -0.3 is 15.4 Å². The maximum absolute atomic E-state index is 11.7. The molecule has 2 fully saturated rings. The van der Waals surface area contributed by atoms with Gasteiger partial charge >= 0.3 is 0 Å². The van der Waals surface area contributed by atoms with Gasteiger partial charge in [0.15, 0.2) is 0 Å². The van der Waals surface area contributed by atoms with Crippen molar-refractivity contribution < 1.29 is 9.53 Å². The summed E-state index contributed by atoms with van der Waals surface area (Å²) in [5.74, 6) is 0.410. The highest BCUT2D eigenvalue weighted by atomic mass is 16.5. The maximum atomic E-state index is 11.7. The summed E-state index contributed by atoms with van der Waals surface area (Å²) < 4.78 is 5.34. The van der Waals surface area contributed by atoms with E-state index in [-0.39, 0.29) is 11.8 Å². The van der Waals surface area contributed by atoms with E-state index >= 15 is 0 Å². The van der Waals surface area contributed by atoms with E-state index < -0.39 is 0 Å². The zero-order chi connectivity index (χ0) is 9.26. The number of nitrogens with zero attached hydrogens (tertiary/aromatic N) is 1. The molecule has 0 saturated carbocycles. The third-order valence-electron chi connectivity index (χ3n) is 2.86. The lowest BCUT2D eigenvalue weighted by atomic mass is 10.0. The molecule has 4 nitrogen and oxygen atoms in total. The minimum Gasteiger partial charge on any atom is -0.378 e. The van der Waals surface area contributed by atoms with Gasteiger partial charge in [-0.2, -0.15) is 0 Å². The van der Waals surface area contributed by atoms with Crippen molar-refractivity contribution in [2.75, 3.05) is 26.3 Å². The number of fused-ring (bicyclic) bond motifs is 2. The van der Waals surface area contributed by atoms with Gasteiger partial charge in [0.25, 0.3) is 0 Å². The highest BCUT2D eigenvalue weighted by molar-refractivity contribution is 5.81. The summed E-state index contributed by atoms with van der Waals surface area (Å²) in [5, 5.41) is 0. The third-order valence-corrected chi connectivity index (χ3v) is 2.86. The molecule has 2 rings (SSSR count). The first-order chi connectivity index (χ1) is 6.33. The van der Waals surface area contributed by atoms with E-state index in [0.717, 1.165) is 19.4 Å². The Balaban J connectivity index is 1.98. The second-order valence-electron chi connectivity index (χ2n) is 3.80. The molecule has 2 unspecified atom stereocenters. The van der Waals surface area contributed by atoms with Crippen molar-refractivity contribution in [1.29, 1.82) is 0 Å². The number of carbonyl (C=O) groups excluding carboxylic acids is 1. The molecule has 0 aromatic carbocycles. The summed E-state index contributed by atoms with van der Waals surface area (Å²) in [6, 6.07) is 0.331. The molecule has 1 amide bonds. The molecule has 0 spiro atoms. The van der Waals surface area contributed by atoms with E-state index in [1.54, 1.807) is 0 Å². The predicted octanol–water partition coefficient (Wildman–Crippen LogP) is -0.417. The van der Waals surface area contributed by atoms with Crippen molar-refractivity contribution in [2.45, 2.75) is 18.9 Å². The highest BCUT2D eigenvalue weighted by Crippen LogP contribution is 2.29. The molecular formula is C9H16N2O2. The maximum Gasteiger partial charge on any atom is 0.228 e. The Labute approximate surface area is 78.0 Å². The van der Waals surface area contributed by atoms with Gasteiger partial charge in [-0.1, -0.05) is 0 Å². The normalized spacial score (nSPS) is 32.7. The van der Waals surface area contributed by atoms with Crippen LogP contribution in [0.1, 0.15) is 12.8 Å². The van der Waals surface area contributed by atoms with Crippen LogP contribution in [0.3, 0.4) is 0 Å². The summed E-state index contributed by atoms with van der Waals surface area (Å²) >= 11 is 0. The van der Waals surface area contributed by atoms with Gasteiger partial charge in [-0.3, -0.25) is 4.79 Å². The minimum absolute atomic E-state index is 0.136. The summed E-state index contributed by atoms with van der Waals surface area (Å²) in [4.78, 5) is 13.6. The fraction of sp³-hybridized carbons (Fsp3) is 0.889. The fourth-order valence-electron chi connectivity index (χ4n) is 2.17. The quantitative estimate of drug-likeness (QED) is 0.648. The second kappa shape index (κ2) is 3.64. The van der Waals surface area contributed by atoms with E-state index in [1.165, 1.54) is 0 Å². The Bertz CT molecular complexity index is 208. The van der Waals surface area contributed by atoms with Crippen LogP contribution in [0.4, 0.5) is 0 Å². The van der Waals surface area contributed by atoms with Gasteiger partial charge in [0.05, 0.1) is 25.2 Å². The number of rotatable bonds is 3. The first kappa shape index (κ1) is 8.97. The van der Waals surface area contributed by atoms with E-state index in [4.69, 9.17) is 10.5 Å². The summed E-state index contributed by atoms with van der Waals surface area (Å²) in [5.41, 5.74) is 5.42. The third kappa shape index (κ3) is 1.56. The van der Waals surface area contributed by atoms with Gasteiger partial charge in [0.2, 0.25) is 5.91 Å². The minimum atomic E-state index is 0.136. The Hall–Kier alpha value is -0.610. The lowest BCUT2D eigenvalue weighted by Gasteiger charge is -2.23. The average Bonchev–Trinajstić information content (AvgIpc) is 2.37. The van der Waals surface area contributed by atoms with Crippen molar-refractivity contribution >= 4 is 5.91 Å². The van der Waals surface area contributed by atoms with Crippen LogP contribution in [-0.2, 0) is 9.53 Å². The van der Waals surface area contributed by atoms with Crippen molar-refractivity contribution in [3.05, 3.63) is 0 Å². The number of likely N-dealkylation sites (tertiary alicyclic amines) is 1. The van der Waals surface area contributed by atoms with E-state index in [2.05, 4.69) is 0 Å². The van der Waals surface area contributed by atoms with Crippen LogP contribution in [0.5, 0.6) is 0 Å². The highest BCUT2D eigenvalue weighted by Gasteiger charge is 2.42. The van der Waals surface area contributed by atoms with Crippen molar-refractivity contribution in [3.63, 3.8) is 0 Å².